The number of phenols is 2. The summed E-state index contributed by atoms with van der Waals surface area (Å²) in [5, 5.41) is 30.6. The molecule has 8 heteroatoms. The van der Waals surface area contributed by atoms with Gasteiger partial charge in [0.1, 0.15) is 11.5 Å². The molecular formula is C27H36N2O6. The second-order valence-electron chi connectivity index (χ2n) is 9.69. The molecule has 0 radical (unpaired) electrons. The monoisotopic (exact) mass is 484 g/mol. The highest BCUT2D eigenvalue weighted by Gasteiger charge is 2.31. The fourth-order valence-electron chi connectivity index (χ4n) is 4.92. The SMILES string of the molecule is CC(CCC(=O)O)(c1ccc(O)c(CN2CCOCC2)c1)c1ccc(O)c(CN2CCOCC2)c1. The van der Waals surface area contributed by atoms with E-state index in [-0.39, 0.29) is 17.9 Å². The van der Waals surface area contributed by atoms with Gasteiger partial charge < -0.3 is 24.8 Å². The van der Waals surface area contributed by atoms with Gasteiger partial charge in [-0.25, -0.2) is 0 Å². The second-order valence-corrected chi connectivity index (χ2v) is 9.69. The van der Waals surface area contributed by atoms with Crippen molar-refractivity contribution in [1.82, 2.24) is 9.80 Å². The van der Waals surface area contributed by atoms with E-state index in [2.05, 4.69) is 9.80 Å². The van der Waals surface area contributed by atoms with Crippen LogP contribution in [0.4, 0.5) is 0 Å². The number of hydrogen-bond donors (Lipinski definition) is 3. The van der Waals surface area contributed by atoms with Crippen molar-refractivity contribution in [3.63, 3.8) is 0 Å². The Kier molecular flexibility index (Phi) is 8.28. The number of nitrogens with zero attached hydrogens (tertiary/aromatic N) is 2. The van der Waals surface area contributed by atoms with E-state index >= 15 is 0 Å². The molecule has 4 rings (SSSR count). The van der Waals surface area contributed by atoms with Crippen LogP contribution < -0.4 is 0 Å². The number of carbonyl (C=O) groups is 1. The summed E-state index contributed by atoms with van der Waals surface area (Å²) < 4.78 is 10.9. The van der Waals surface area contributed by atoms with Crippen molar-refractivity contribution >= 4 is 5.97 Å². The van der Waals surface area contributed by atoms with Gasteiger partial charge in [0, 0.05) is 62.2 Å². The molecule has 0 amide bonds. The van der Waals surface area contributed by atoms with Gasteiger partial charge in [-0.1, -0.05) is 19.1 Å². The summed E-state index contributed by atoms with van der Waals surface area (Å²) in [6.45, 7) is 9.20. The summed E-state index contributed by atoms with van der Waals surface area (Å²) in [4.78, 5) is 16.1. The van der Waals surface area contributed by atoms with Crippen molar-refractivity contribution in [1.29, 1.82) is 0 Å². The van der Waals surface area contributed by atoms with Crippen LogP contribution >= 0.6 is 0 Å². The fraction of sp³-hybridized carbons (Fsp3) is 0.519. The lowest BCUT2D eigenvalue weighted by atomic mass is 9.72. The Labute approximate surface area is 206 Å². The number of aromatic hydroxyl groups is 2. The van der Waals surface area contributed by atoms with Crippen molar-refractivity contribution in [2.75, 3.05) is 52.6 Å². The third kappa shape index (κ3) is 6.32. The van der Waals surface area contributed by atoms with Crippen LogP contribution in [-0.4, -0.2) is 83.7 Å². The minimum Gasteiger partial charge on any atom is -0.508 e. The number of phenolic OH excluding ortho intramolecular Hbond substituents is 2. The number of aliphatic carboxylic acids is 1. The molecule has 8 nitrogen and oxygen atoms in total. The summed E-state index contributed by atoms with van der Waals surface area (Å²) in [5.74, 6) is -0.380. The highest BCUT2D eigenvalue weighted by Crippen LogP contribution is 2.40. The molecule has 35 heavy (non-hydrogen) atoms. The number of benzene rings is 2. The molecule has 2 aromatic carbocycles. The third-order valence-electron chi connectivity index (χ3n) is 7.27. The van der Waals surface area contributed by atoms with Crippen molar-refractivity contribution in [2.24, 2.45) is 0 Å². The molecule has 0 atom stereocenters. The van der Waals surface area contributed by atoms with Crippen molar-refractivity contribution in [3.05, 3.63) is 58.7 Å². The van der Waals surface area contributed by atoms with Gasteiger partial charge in [-0.2, -0.15) is 0 Å². The van der Waals surface area contributed by atoms with E-state index in [4.69, 9.17) is 9.47 Å². The molecule has 2 fully saturated rings. The lowest BCUT2D eigenvalue weighted by molar-refractivity contribution is -0.137. The van der Waals surface area contributed by atoms with Crippen LogP contribution in [-0.2, 0) is 32.8 Å². The summed E-state index contributed by atoms with van der Waals surface area (Å²) in [6.07, 6.45) is 0.404. The number of hydrogen-bond acceptors (Lipinski definition) is 7. The Morgan fingerprint density at radius 2 is 1.26 bits per heavy atom. The number of carboxylic acids is 1. The van der Waals surface area contributed by atoms with Crippen molar-refractivity contribution < 1.29 is 29.6 Å². The number of carboxylic acid groups (broad SMARTS) is 1. The molecule has 0 aromatic heterocycles. The largest absolute Gasteiger partial charge is 0.508 e. The van der Waals surface area contributed by atoms with Crippen LogP contribution in [0.5, 0.6) is 11.5 Å². The average molecular weight is 485 g/mol. The maximum atomic E-state index is 11.6. The van der Waals surface area contributed by atoms with Crippen LogP contribution in [0.25, 0.3) is 0 Å². The summed E-state index contributed by atoms with van der Waals surface area (Å²) in [5.41, 5.74) is 2.92. The van der Waals surface area contributed by atoms with Gasteiger partial charge in [-0.15, -0.1) is 0 Å². The minimum atomic E-state index is -0.851. The zero-order valence-electron chi connectivity index (χ0n) is 20.4. The Bertz CT molecular complexity index is 945. The van der Waals surface area contributed by atoms with Crippen LogP contribution in [0.2, 0.25) is 0 Å². The van der Waals surface area contributed by atoms with Gasteiger partial charge in [-0.05, 0) is 41.8 Å². The Hall–Kier alpha value is -2.65. The molecule has 2 aliphatic rings. The standard InChI is InChI=1S/C27H36N2O6/c1-27(7-6-26(32)33,22-2-4-24(30)20(16-22)18-28-8-12-34-13-9-28)23-3-5-25(31)21(17-23)19-29-10-14-35-15-11-29/h2-5,16-17,30-31H,6-15,18-19H2,1H3,(H,32,33). The van der Waals surface area contributed by atoms with E-state index in [1.807, 2.05) is 31.2 Å². The quantitative estimate of drug-likeness (QED) is 0.499. The number of ether oxygens (including phenoxy) is 2. The van der Waals surface area contributed by atoms with Crippen LogP contribution in [0.1, 0.15) is 42.0 Å². The molecule has 3 N–H and O–H groups in total. The second kappa shape index (κ2) is 11.4. The Balaban J connectivity index is 1.67. The van der Waals surface area contributed by atoms with Gasteiger partial charge in [-0.3, -0.25) is 14.6 Å². The lowest BCUT2D eigenvalue weighted by Gasteiger charge is -2.33. The molecule has 0 saturated carbocycles. The summed E-state index contributed by atoms with van der Waals surface area (Å²) >= 11 is 0. The van der Waals surface area contributed by atoms with Crippen LogP contribution in [0.15, 0.2) is 36.4 Å². The maximum absolute atomic E-state index is 11.6. The average Bonchev–Trinajstić information content (AvgIpc) is 2.86. The molecular weight excluding hydrogens is 448 g/mol. The van der Waals surface area contributed by atoms with Gasteiger partial charge in [0.15, 0.2) is 0 Å². The number of morpholine rings is 2. The molecule has 2 saturated heterocycles. The third-order valence-corrected chi connectivity index (χ3v) is 7.27. The Morgan fingerprint density at radius 1 is 0.829 bits per heavy atom. The molecule has 0 bridgehead atoms. The first-order chi connectivity index (χ1) is 16.8. The van der Waals surface area contributed by atoms with Gasteiger partial charge in [0.25, 0.3) is 0 Å². The molecule has 0 unspecified atom stereocenters. The highest BCUT2D eigenvalue weighted by atomic mass is 16.5. The first-order valence-electron chi connectivity index (χ1n) is 12.3. The highest BCUT2D eigenvalue weighted by molar-refractivity contribution is 5.67. The maximum Gasteiger partial charge on any atom is 0.303 e. The van der Waals surface area contributed by atoms with E-state index in [9.17, 15) is 20.1 Å². The predicted molar refractivity (Wildman–Crippen MR) is 132 cm³/mol. The molecule has 0 aliphatic carbocycles. The van der Waals surface area contributed by atoms with E-state index in [0.29, 0.717) is 45.9 Å². The van der Waals surface area contributed by atoms with E-state index in [0.717, 1.165) is 48.4 Å². The lowest BCUT2D eigenvalue weighted by Crippen LogP contribution is -2.36. The fourth-order valence-corrected chi connectivity index (χ4v) is 4.92. The first-order valence-corrected chi connectivity index (χ1v) is 12.3. The molecule has 190 valence electrons. The normalized spacial score (nSPS) is 18.0. The molecule has 0 spiro atoms. The van der Waals surface area contributed by atoms with Crippen LogP contribution in [0, 0.1) is 0 Å². The smallest absolute Gasteiger partial charge is 0.303 e. The van der Waals surface area contributed by atoms with E-state index < -0.39 is 11.4 Å². The molecule has 2 aliphatic heterocycles. The van der Waals surface area contributed by atoms with Crippen molar-refractivity contribution in [3.8, 4) is 11.5 Å². The minimum absolute atomic E-state index is 0.00977. The van der Waals surface area contributed by atoms with Crippen LogP contribution in [0.3, 0.4) is 0 Å². The topological polar surface area (TPSA) is 103 Å². The van der Waals surface area contributed by atoms with Crippen molar-refractivity contribution in [2.45, 2.75) is 38.3 Å². The summed E-state index contributed by atoms with van der Waals surface area (Å²) in [6, 6.07) is 11.2. The van der Waals surface area contributed by atoms with Gasteiger partial charge in [0.05, 0.1) is 26.4 Å². The molecule has 2 aromatic rings. The summed E-state index contributed by atoms with van der Waals surface area (Å²) in [7, 11) is 0. The number of rotatable bonds is 9. The zero-order chi connectivity index (χ0) is 24.8. The molecule has 2 heterocycles. The van der Waals surface area contributed by atoms with Gasteiger partial charge in [0.2, 0.25) is 0 Å². The Morgan fingerprint density at radius 3 is 1.66 bits per heavy atom. The predicted octanol–water partition coefficient (Wildman–Crippen LogP) is 2.93. The zero-order valence-corrected chi connectivity index (χ0v) is 20.4. The first kappa shape index (κ1) is 25.4. The van der Waals surface area contributed by atoms with E-state index in [1.54, 1.807) is 12.1 Å². The van der Waals surface area contributed by atoms with E-state index in [1.165, 1.54) is 0 Å². The van der Waals surface area contributed by atoms with Gasteiger partial charge >= 0.3 is 5.97 Å².